The van der Waals surface area contributed by atoms with Crippen LogP contribution in [0.2, 0.25) is 0 Å². The average Bonchev–Trinajstić information content (AvgIpc) is 3.48. The fourth-order valence-electron chi connectivity index (χ4n) is 4.89. The third-order valence-corrected chi connectivity index (χ3v) is 9.15. The van der Waals surface area contributed by atoms with Gasteiger partial charge in [-0.2, -0.15) is 0 Å². The Morgan fingerprint density at radius 2 is 1.68 bits per heavy atom. The molecule has 1 saturated carbocycles. The number of aryl methyl sites for hydroxylation is 1. The number of carbonyl (C=O) groups is 2. The molecule has 1 atom stereocenters. The Labute approximate surface area is 241 Å². The molecule has 2 amide bonds. The van der Waals surface area contributed by atoms with Gasteiger partial charge in [0.1, 0.15) is 24.2 Å². The molecule has 3 aromatic rings. The zero-order valence-corrected chi connectivity index (χ0v) is 24.4. The van der Waals surface area contributed by atoms with E-state index in [-0.39, 0.29) is 29.1 Å². The molecule has 0 bridgehead atoms. The summed E-state index contributed by atoms with van der Waals surface area (Å²) >= 11 is 0. The van der Waals surface area contributed by atoms with Crippen molar-refractivity contribution in [3.05, 3.63) is 89.7 Å². The van der Waals surface area contributed by atoms with Crippen LogP contribution in [0.25, 0.3) is 0 Å². The number of rotatable bonds is 11. The number of halogens is 1. The highest BCUT2D eigenvalue weighted by molar-refractivity contribution is 7.92. The molecule has 4 rings (SSSR count). The molecule has 41 heavy (non-hydrogen) atoms. The van der Waals surface area contributed by atoms with Crippen molar-refractivity contribution in [1.82, 2.24) is 10.2 Å². The molecular formula is C31H36FN3O5S. The monoisotopic (exact) mass is 581 g/mol. The minimum absolute atomic E-state index is 0.00506. The number of nitrogens with one attached hydrogen (secondary N) is 1. The summed E-state index contributed by atoms with van der Waals surface area (Å²) in [6.45, 7) is 2.90. The van der Waals surface area contributed by atoms with Crippen LogP contribution in [-0.2, 0) is 26.2 Å². The Morgan fingerprint density at radius 3 is 2.32 bits per heavy atom. The molecule has 1 N–H and O–H groups in total. The first-order chi connectivity index (χ1) is 19.6. The van der Waals surface area contributed by atoms with Crippen LogP contribution in [0.15, 0.2) is 77.7 Å². The van der Waals surface area contributed by atoms with E-state index in [1.165, 1.54) is 36.3 Å². The zero-order valence-electron chi connectivity index (χ0n) is 23.5. The van der Waals surface area contributed by atoms with Gasteiger partial charge in [-0.3, -0.25) is 13.9 Å². The van der Waals surface area contributed by atoms with Gasteiger partial charge in [0, 0.05) is 18.7 Å². The van der Waals surface area contributed by atoms with Crippen molar-refractivity contribution in [2.45, 2.75) is 63.1 Å². The maximum Gasteiger partial charge on any atom is 0.264 e. The largest absolute Gasteiger partial charge is 0.497 e. The van der Waals surface area contributed by atoms with Gasteiger partial charge in [-0.15, -0.1) is 0 Å². The number of amides is 2. The van der Waals surface area contributed by atoms with Gasteiger partial charge in [0.05, 0.1) is 17.7 Å². The second-order valence-electron chi connectivity index (χ2n) is 10.3. The topological polar surface area (TPSA) is 96.0 Å². The molecule has 0 heterocycles. The molecule has 1 aliphatic carbocycles. The highest BCUT2D eigenvalue weighted by atomic mass is 32.2. The number of ether oxygens (including phenoxy) is 1. The van der Waals surface area contributed by atoms with Gasteiger partial charge in [-0.05, 0) is 68.7 Å². The van der Waals surface area contributed by atoms with E-state index in [0.717, 1.165) is 35.6 Å². The first kappa shape index (κ1) is 30.0. The van der Waals surface area contributed by atoms with E-state index in [2.05, 4.69) is 5.32 Å². The molecule has 10 heteroatoms. The molecule has 0 aromatic heterocycles. The van der Waals surface area contributed by atoms with Gasteiger partial charge in [0.25, 0.3) is 10.0 Å². The molecule has 3 aromatic carbocycles. The first-order valence-electron chi connectivity index (χ1n) is 13.7. The molecule has 1 fully saturated rings. The minimum Gasteiger partial charge on any atom is -0.497 e. The quantitative estimate of drug-likeness (QED) is 0.351. The third kappa shape index (κ3) is 7.43. The van der Waals surface area contributed by atoms with Crippen LogP contribution in [0.1, 0.15) is 43.7 Å². The lowest BCUT2D eigenvalue weighted by atomic mass is 10.1. The Hall–Kier alpha value is -3.92. The van der Waals surface area contributed by atoms with Crippen molar-refractivity contribution in [1.29, 1.82) is 0 Å². The predicted octanol–water partition coefficient (Wildman–Crippen LogP) is 4.81. The van der Waals surface area contributed by atoms with Crippen LogP contribution in [0, 0.1) is 12.7 Å². The van der Waals surface area contributed by atoms with E-state index in [1.54, 1.807) is 55.5 Å². The fraction of sp³-hybridized carbons (Fsp3) is 0.355. The number of benzene rings is 3. The second-order valence-corrected chi connectivity index (χ2v) is 12.2. The lowest BCUT2D eigenvalue weighted by molar-refractivity contribution is -0.139. The normalized spacial score (nSPS) is 14.3. The van der Waals surface area contributed by atoms with Gasteiger partial charge in [-0.1, -0.05) is 48.7 Å². The number of hydrogen-bond donors (Lipinski definition) is 1. The van der Waals surface area contributed by atoms with Gasteiger partial charge in [0.15, 0.2) is 0 Å². The molecule has 0 radical (unpaired) electrons. The number of carbonyl (C=O) groups excluding carboxylic acids is 2. The Balaban J connectivity index is 1.69. The summed E-state index contributed by atoms with van der Waals surface area (Å²) in [7, 11) is -2.72. The van der Waals surface area contributed by atoms with Gasteiger partial charge in [0.2, 0.25) is 11.8 Å². The maximum atomic E-state index is 14.0. The number of sulfonamides is 1. The van der Waals surface area contributed by atoms with Crippen molar-refractivity contribution < 1.29 is 27.1 Å². The third-order valence-electron chi connectivity index (χ3n) is 7.36. The Morgan fingerprint density at radius 1 is 1.02 bits per heavy atom. The molecule has 8 nitrogen and oxygen atoms in total. The summed E-state index contributed by atoms with van der Waals surface area (Å²) in [5.41, 5.74) is 1.73. The SMILES string of the molecule is COc1cccc(N(CC(=O)N(Cc2ccc(F)cc2)[C@@H](C)C(=O)NC2CCCC2)S(=O)(=O)c2ccc(C)cc2)c1. The number of nitrogens with zero attached hydrogens (tertiary/aromatic N) is 2. The summed E-state index contributed by atoms with van der Waals surface area (Å²) in [5, 5.41) is 3.03. The van der Waals surface area contributed by atoms with Crippen molar-refractivity contribution in [3.8, 4) is 5.75 Å². The van der Waals surface area contributed by atoms with Crippen LogP contribution >= 0.6 is 0 Å². The summed E-state index contributed by atoms with van der Waals surface area (Å²) in [5.74, 6) is -0.901. The number of hydrogen-bond acceptors (Lipinski definition) is 5. The van der Waals surface area contributed by atoms with Crippen molar-refractivity contribution in [2.75, 3.05) is 18.0 Å². The van der Waals surface area contributed by atoms with Gasteiger partial charge in [-0.25, -0.2) is 12.8 Å². The van der Waals surface area contributed by atoms with E-state index < -0.39 is 34.3 Å². The first-order valence-corrected chi connectivity index (χ1v) is 15.1. The summed E-state index contributed by atoms with van der Waals surface area (Å²) < 4.78 is 47.8. The standard InChI is InChI=1S/C31H36FN3O5S/c1-22-11-17-29(18-12-22)41(38,39)35(27-9-6-10-28(19-27)40-3)21-30(36)34(20-24-13-15-25(32)16-14-24)23(2)31(37)33-26-7-4-5-8-26/h6,9-19,23,26H,4-5,7-8,20-21H2,1-3H3,(H,33,37)/t23-/m0/s1. The van der Waals surface area contributed by atoms with Crippen LogP contribution in [0.3, 0.4) is 0 Å². The van der Waals surface area contributed by atoms with Crippen LogP contribution in [0.5, 0.6) is 5.75 Å². The van der Waals surface area contributed by atoms with Crippen molar-refractivity contribution in [2.24, 2.45) is 0 Å². The maximum absolute atomic E-state index is 14.0. The Kier molecular flexibility index (Phi) is 9.65. The average molecular weight is 582 g/mol. The van der Waals surface area contributed by atoms with E-state index >= 15 is 0 Å². The number of methoxy groups -OCH3 is 1. The van der Waals surface area contributed by atoms with Gasteiger partial charge < -0.3 is 15.0 Å². The van der Waals surface area contributed by atoms with Crippen LogP contribution in [0.4, 0.5) is 10.1 Å². The molecule has 0 spiro atoms. The molecule has 0 unspecified atom stereocenters. The van der Waals surface area contributed by atoms with Crippen molar-refractivity contribution in [3.63, 3.8) is 0 Å². The lowest BCUT2D eigenvalue weighted by Crippen LogP contribution is -2.52. The highest BCUT2D eigenvalue weighted by Gasteiger charge is 2.33. The Bertz CT molecular complexity index is 1460. The van der Waals surface area contributed by atoms with E-state index in [1.807, 2.05) is 6.92 Å². The molecule has 0 saturated heterocycles. The van der Waals surface area contributed by atoms with Gasteiger partial charge >= 0.3 is 0 Å². The zero-order chi connectivity index (χ0) is 29.6. The summed E-state index contributed by atoms with van der Waals surface area (Å²) in [6.07, 6.45) is 3.82. The molecule has 218 valence electrons. The minimum atomic E-state index is -4.19. The molecule has 0 aliphatic heterocycles. The van der Waals surface area contributed by atoms with Crippen LogP contribution in [-0.4, -0.2) is 50.9 Å². The van der Waals surface area contributed by atoms with E-state index in [0.29, 0.717) is 11.3 Å². The van der Waals surface area contributed by atoms with Crippen LogP contribution < -0.4 is 14.4 Å². The summed E-state index contributed by atoms with van der Waals surface area (Å²) in [6, 6.07) is 17.6. The molecular weight excluding hydrogens is 545 g/mol. The predicted molar refractivity (Wildman–Crippen MR) is 156 cm³/mol. The fourth-order valence-corrected chi connectivity index (χ4v) is 6.30. The second kappa shape index (κ2) is 13.2. The number of anilines is 1. The molecule has 1 aliphatic rings. The smallest absolute Gasteiger partial charge is 0.264 e. The van der Waals surface area contributed by atoms with E-state index in [4.69, 9.17) is 4.74 Å². The summed E-state index contributed by atoms with van der Waals surface area (Å²) in [4.78, 5) is 28.6. The van der Waals surface area contributed by atoms with Crippen molar-refractivity contribution >= 4 is 27.5 Å². The lowest BCUT2D eigenvalue weighted by Gasteiger charge is -2.32. The highest BCUT2D eigenvalue weighted by Crippen LogP contribution is 2.28. The van der Waals surface area contributed by atoms with E-state index in [9.17, 15) is 22.4 Å².